The van der Waals surface area contributed by atoms with Crippen molar-refractivity contribution in [3.05, 3.63) is 35.9 Å². The first-order valence-electron chi connectivity index (χ1n) is 7.48. The normalized spacial score (nSPS) is 14.2. The molecule has 0 unspecified atom stereocenters. The molecule has 0 aromatic heterocycles. The topological polar surface area (TPSA) is 131 Å². The maximum absolute atomic E-state index is 12.1. The number of methoxy groups -OCH3 is 1. The van der Waals surface area contributed by atoms with E-state index in [0.717, 1.165) is 12.7 Å². The number of esters is 1. The summed E-state index contributed by atoms with van der Waals surface area (Å²) in [6, 6.07) is 6.35. The van der Waals surface area contributed by atoms with Gasteiger partial charge in [0.2, 0.25) is 11.8 Å². The van der Waals surface area contributed by atoms with Crippen LogP contribution in [0.15, 0.2) is 30.3 Å². The van der Waals surface area contributed by atoms with Crippen molar-refractivity contribution in [2.24, 2.45) is 5.73 Å². The first kappa shape index (κ1) is 19.6. The summed E-state index contributed by atoms with van der Waals surface area (Å²) in [5.74, 6) is -1.88. The molecular weight excluding hydrogens is 314 g/mol. The lowest BCUT2D eigenvalue weighted by molar-refractivity contribution is -0.146. The van der Waals surface area contributed by atoms with Crippen molar-refractivity contribution < 1.29 is 24.2 Å². The molecule has 0 spiro atoms. The Morgan fingerprint density at radius 3 is 2.33 bits per heavy atom. The zero-order valence-corrected chi connectivity index (χ0v) is 13.7. The van der Waals surface area contributed by atoms with E-state index in [2.05, 4.69) is 15.4 Å². The van der Waals surface area contributed by atoms with Gasteiger partial charge in [0.05, 0.1) is 19.8 Å². The molecule has 5 N–H and O–H groups in total. The quantitative estimate of drug-likeness (QED) is 0.437. The molecule has 0 fully saturated rings. The van der Waals surface area contributed by atoms with Crippen LogP contribution in [0, 0.1) is 0 Å². The highest BCUT2D eigenvalue weighted by Crippen LogP contribution is 2.02. The molecule has 2 amide bonds. The Balaban J connectivity index is 2.53. The summed E-state index contributed by atoms with van der Waals surface area (Å²) in [7, 11) is 1.14. The van der Waals surface area contributed by atoms with Crippen molar-refractivity contribution in [1.82, 2.24) is 10.6 Å². The number of hydrogen-bond donors (Lipinski definition) is 4. The van der Waals surface area contributed by atoms with E-state index in [1.807, 2.05) is 30.3 Å². The SMILES string of the molecule is COC(=O)[C@@H](CO)NC(=O)[C@@H](C)NC(=O)[C@H](N)Cc1ccccc1. The maximum Gasteiger partial charge on any atom is 0.330 e. The molecule has 0 aliphatic heterocycles. The number of hydrogen-bond acceptors (Lipinski definition) is 6. The van der Waals surface area contributed by atoms with Gasteiger partial charge in [-0.1, -0.05) is 30.3 Å². The van der Waals surface area contributed by atoms with Crippen LogP contribution >= 0.6 is 0 Å². The Labute approximate surface area is 140 Å². The number of carbonyl (C=O) groups is 3. The zero-order chi connectivity index (χ0) is 18.1. The third-order valence-corrected chi connectivity index (χ3v) is 3.37. The summed E-state index contributed by atoms with van der Waals surface area (Å²) in [5.41, 5.74) is 6.74. The average Bonchev–Trinajstić information content (AvgIpc) is 2.59. The first-order valence-corrected chi connectivity index (χ1v) is 7.48. The van der Waals surface area contributed by atoms with Gasteiger partial charge in [-0.25, -0.2) is 4.79 Å². The Morgan fingerprint density at radius 1 is 1.17 bits per heavy atom. The van der Waals surface area contributed by atoms with E-state index in [9.17, 15) is 14.4 Å². The van der Waals surface area contributed by atoms with Crippen molar-refractivity contribution in [2.45, 2.75) is 31.5 Å². The minimum absolute atomic E-state index is 0.336. The Bertz CT molecular complexity index is 564. The molecule has 1 rings (SSSR count). The van der Waals surface area contributed by atoms with E-state index in [1.165, 1.54) is 6.92 Å². The fourth-order valence-electron chi connectivity index (χ4n) is 1.96. The van der Waals surface area contributed by atoms with Crippen LogP contribution < -0.4 is 16.4 Å². The molecule has 0 aliphatic rings. The summed E-state index contributed by atoms with van der Waals surface area (Å²) in [4.78, 5) is 35.3. The fourth-order valence-corrected chi connectivity index (χ4v) is 1.96. The second kappa shape index (κ2) is 9.64. The molecule has 1 aromatic rings. The van der Waals surface area contributed by atoms with E-state index in [1.54, 1.807) is 0 Å². The highest BCUT2D eigenvalue weighted by Gasteiger charge is 2.25. The van der Waals surface area contributed by atoms with Gasteiger partial charge in [-0.05, 0) is 18.9 Å². The van der Waals surface area contributed by atoms with Crippen molar-refractivity contribution in [1.29, 1.82) is 0 Å². The van der Waals surface area contributed by atoms with Gasteiger partial charge in [-0.3, -0.25) is 9.59 Å². The molecule has 24 heavy (non-hydrogen) atoms. The van der Waals surface area contributed by atoms with Crippen LogP contribution in [0.1, 0.15) is 12.5 Å². The second-order valence-electron chi connectivity index (χ2n) is 5.29. The third kappa shape index (κ3) is 5.98. The number of aliphatic hydroxyl groups excluding tert-OH is 1. The fraction of sp³-hybridized carbons (Fsp3) is 0.438. The number of aliphatic hydroxyl groups is 1. The average molecular weight is 337 g/mol. The molecule has 3 atom stereocenters. The molecule has 0 bridgehead atoms. The minimum Gasteiger partial charge on any atom is -0.467 e. The van der Waals surface area contributed by atoms with Crippen LogP contribution in [-0.4, -0.2) is 54.7 Å². The number of carbonyl (C=O) groups excluding carboxylic acids is 3. The highest BCUT2D eigenvalue weighted by atomic mass is 16.5. The lowest BCUT2D eigenvalue weighted by Crippen LogP contribution is -2.54. The maximum atomic E-state index is 12.1. The number of amides is 2. The molecule has 0 heterocycles. The monoisotopic (exact) mass is 337 g/mol. The van der Waals surface area contributed by atoms with Crippen LogP contribution in [0.2, 0.25) is 0 Å². The van der Waals surface area contributed by atoms with Crippen LogP contribution in [-0.2, 0) is 25.5 Å². The molecule has 132 valence electrons. The van der Waals surface area contributed by atoms with Gasteiger partial charge in [-0.15, -0.1) is 0 Å². The van der Waals surface area contributed by atoms with Crippen molar-refractivity contribution in [2.75, 3.05) is 13.7 Å². The Morgan fingerprint density at radius 2 is 1.79 bits per heavy atom. The summed E-state index contributed by atoms with van der Waals surface area (Å²) in [6.45, 7) is 0.848. The summed E-state index contributed by atoms with van der Waals surface area (Å²) in [6.07, 6.45) is 0.336. The van der Waals surface area contributed by atoms with E-state index in [-0.39, 0.29) is 0 Å². The summed E-state index contributed by atoms with van der Waals surface area (Å²) < 4.78 is 4.45. The van der Waals surface area contributed by atoms with Crippen LogP contribution in [0.4, 0.5) is 0 Å². The second-order valence-corrected chi connectivity index (χ2v) is 5.29. The van der Waals surface area contributed by atoms with Gasteiger partial charge in [0, 0.05) is 0 Å². The van der Waals surface area contributed by atoms with E-state index in [4.69, 9.17) is 10.8 Å². The molecule has 0 radical (unpaired) electrons. The van der Waals surface area contributed by atoms with E-state index >= 15 is 0 Å². The first-order chi connectivity index (χ1) is 11.4. The third-order valence-electron chi connectivity index (χ3n) is 3.37. The van der Waals surface area contributed by atoms with E-state index < -0.39 is 42.5 Å². The van der Waals surface area contributed by atoms with Crippen molar-refractivity contribution in [3.63, 3.8) is 0 Å². The molecule has 8 nitrogen and oxygen atoms in total. The number of benzene rings is 1. The summed E-state index contributed by atoms with van der Waals surface area (Å²) >= 11 is 0. The predicted octanol–water partition coefficient (Wildman–Crippen LogP) is -1.29. The van der Waals surface area contributed by atoms with Gasteiger partial charge in [0.25, 0.3) is 0 Å². The van der Waals surface area contributed by atoms with Gasteiger partial charge in [-0.2, -0.15) is 0 Å². The van der Waals surface area contributed by atoms with Crippen LogP contribution in [0.25, 0.3) is 0 Å². The Hall–Kier alpha value is -2.45. The zero-order valence-electron chi connectivity index (χ0n) is 13.7. The molecule has 0 saturated carbocycles. The molecule has 8 heteroatoms. The van der Waals surface area contributed by atoms with Crippen molar-refractivity contribution in [3.8, 4) is 0 Å². The molecule has 1 aromatic carbocycles. The molecular formula is C16H23N3O5. The smallest absolute Gasteiger partial charge is 0.330 e. The summed E-state index contributed by atoms with van der Waals surface area (Å²) in [5, 5.41) is 13.8. The van der Waals surface area contributed by atoms with Crippen molar-refractivity contribution >= 4 is 17.8 Å². The van der Waals surface area contributed by atoms with Gasteiger partial charge >= 0.3 is 5.97 Å². The number of nitrogens with two attached hydrogens (primary N) is 1. The molecule has 0 saturated heterocycles. The number of nitrogens with one attached hydrogen (secondary N) is 2. The van der Waals surface area contributed by atoms with Gasteiger partial charge in [0.15, 0.2) is 6.04 Å². The van der Waals surface area contributed by atoms with Crippen LogP contribution in [0.3, 0.4) is 0 Å². The largest absolute Gasteiger partial charge is 0.467 e. The van der Waals surface area contributed by atoms with Gasteiger partial charge in [0.1, 0.15) is 6.04 Å². The number of rotatable bonds is 8. The Kier molecular flexibility index (Phi) is 7.87. The lowest BCUT2D eigenvalue weighted by Gasteiger charge is -2.20. The standard InChI is InChI=1S/C16H23N3O5/c1-10(14(21)19-13(9-20)16(23)24-2)18-15(22)12(17)8-11-6-4-3-5-7-11/h3-7,10,12-13,20H,8-9,17H2,1-2H3,(H,18,22)(H,19,21)/t10-,12-,13-/m1/s1. The lowest BCUT2D eigenvalue weighted by atomic mass is 10.1. The molecule has 0 aliphatic carbocycles. The van der Waals surface area contributed by atoms with Crippen LogP contribution in [0.5, 0.6) is 0 Å². The van der Waals surface area contributed by atoms with Gasteiger partial charge < -0.3 is 26.2 Å². The number of ether oxygens (including phenoxy) is 1. The van der Waals surface area contributed by atoms with E-state index in [0.29, 0.717) is 6.42 Å². The minimum atomic E-state index is -1.18. The highest BCUT2D eigenvalue weighted by molar-refractivity contribution is 5.91. The predicted molar refractivity (Wildman–Crippen MR) is 86.8 cm³/mol.